The van der Waals surface area contributed by atoms with Gasteiger partial charge in [-0.05, 0) is 5.56 Å². The minimum Gasteiger partial charge on any atom is -0.495 e. The van der Waals surface area contributed by atoms with Gasteiger partial charge in [-0.1, -0.05) is 30.3 Å². The topological polar surface area (TPSA) is 55.0 Å². The summed E-state index contributed by atoms with van der Waals surface area (Å²) in [5.41, 5.74) is 1.46. The molecule has 0 spiro atoms. The molecule has 0 aliphatic heterocycles. The van der Waals surface area contributed by atoms with Crippen LogP contribution in [-0.4, -0.2) is 17.3 Å². The lowest BCUT2D eigenvalue weighted by Gasteiger charge is -2.05. The lowest BCUT2D eigenvalue weighted by molar-refractivity contribution is 0.406. The maximum Gasteiger partial charge on any atom is 0.271 e. The van der Waals surface area contributed by atoms with E-state index in [9.17, 15) is 4.79 Å². The fourth-order valence-corrected chi connectivity index (χ4v) is 1.55. The summed E-state index contributed by atoms with van der Waals surface area (Å²) in [5, 5.41) is 6.10. The second-order valence-electron chi connectivity index (χ2n) is 3.41. The van der Waals surface area contributed by atoms with Crippen LogP contribution in [-0.2, 0) is 6.42 Å². The maximum atomic E-state index is 11.6. The Morgan fingerprint density at radius 1 is 1.31 bits per heavy atom. The van der Waals surface area contributed by atoms with Gasteiger partial charge >= 0.3 is 0 Å². The number of hydrogen-bond donors (Lipinski definition) is 1. The number of rotatable bonds is 3. The monoisotopic (exact) mass is 216 g/mol. The van der Waals surface area contributed by atoms with Crippen molar-refractivity contribution >= 4 is 0 Å². The first-order valence-electron chi connectivity index (χ1n) is 4.95. The van der Waals surface area contributed by atoms with Crippen molar-refractivity contribution in [2.45, 2.75) is 6.42 Å². The Balaban J connectivity index is 2.38. The third kappa shape index (κ3) is 2.11. The summed E-state index contributed by atoms with van der Waals surface area (Å²) in [6.07, 6.45) is 2.06. The SMILES string of the molecule is COc1cn[nH]c(=O)c1Cc1ccccc1. The first kappa shape index (κ1) is 10.4. The lowest BCUT2D eigenvalue weighted by Crippen LogP contribution is -2.15. The van der Waals surface area contributed by atoms with Gasteiger partial charge < -0.3 is 4.74 Å². The Bertz CT molecular complexity index is 520. The summed E-state index contributed by atoms with van der Waals surface area (Å²) < 4.78 is 5.12. The number of ether oxygens (including phenoxy) is 1. The number of hydrogen-bond acceptors (Lipinski definition) is 3. The molecule has 0 aliphatic carbocycles. The van der Waals surface area contributed by atoms with Crippen LogP contribution in [0.25, 0.3) is 0 Å². The quantitative estimate of drug-likeness (QED) is 0.843. The van der Waals surface area contributed by atoms with E-state index >= 15 is 0 Å². The summed E-state index contributed by atoms with van der Waals surface area (Å²) in [7, 11) is 1.53. The van der Waals surface area contributed by atoms with Gasteiger partial charge in [0, 0.05) is 6.42 Å². The van der Waals surface area contributed by atoms with Crippen LogP contribution < -0.4 is 10.3 Å². The molecule has 0 atom stereocenters. The molecule has 4 nitrogen and oxygen atoms in total. The summed E-state index contributed by atoms with van der Waals surface area (Å²) in [4.78, 5) is 11.6. The summed E-state index contributed by atoms with van der Waals surface area (Å²) in [6.45, 7) is 0. The van der Waals surface area contributed by atoms with Crippen LogP contribution in [0.3, 0.4) is 0 Å². The molecule has 82 valence electrons. The Kier molecular flexibility index (Phi) is 3.00. The first-order valence-corrected chi connectivity index (χ1v) is 4.95. The highest BCUT2D eigenvalue weighted by atomic mass is 16.5. The Morgan fingerprint density at radius 3 is 2.75 bits per heavy atom. The number of nitrogens with one attached hydrogen (secondary N) is 1. The highest BCUT2D eigenvalue weighted by Crippen LogP contribution is 2.15. The van der Waals surface area contributed by atoms with Gasteiger partial charge in [-0.15, -0.1) is 0 Å². The molecule has 0 saturated carbocycles. The summed E-state index contributed by atoms with van der Waals surface area (Å²) in [5.74, 6) is 0.521. The highest BCUT2D eigenvalue weighted by Gasteiger charge is 2.08. The normalized spacial score (nSPS) is 10.1. The minimum absolute atomic E-state index is 0.205. The van der Waals surface area contributed by atoms with Gasteiger partial charge in [0.2, 0.25) is 0 Å². The molecule has 1 heterocycles. The molecule has 0 unspecified atom stereocenters. The van der Waals surface area contributed by atoms with Crippen molar-refractivity contribution in [3.8, 4) is 5.75 Å². The third-order valence-electron chi connectivity index (χ3n) is 2.36. The highest BCUT2D eigenvalue weighted by molar-refractivity contribution is 5.33. The fraction of sp³-hybridized carbons (Fsp3) is 0.167. The molecule has 1 N–H and O–H groups in total. The average molecular weight is 216 g/mol. The van der Waals surface area contributed by atoms with Gasteiger partial charge in [-0.3, -0.25) is 4.79 Å². The van der Waals surface area contributed by atoms with Gasteiger partial charge in [0.05, 0.1) is 18.9 Å². The number of methoxy groups -OCH3 is 1. The predicted octanol–water partition coefficient (Wildman–Crippen LogP) is 1.37. The molecule has 1 aromatic carbocycles. The smallest absolute Gasteiger partial charge is 0.271 e. The van der Waals surface area contributed by atoms with Crippen molar-refractivity contribution in [2.24, 2.45) is 0 Å². The van der Waals surface area contributed by atoms with E-state index in [1.54, 1.807) is 0 Å². The molecule has 0 amide bonds. The lowest BCUT2D eigenvalue weighted by atomic mass is 10.1. The van der Waals surface area contributed by atoms with E-state index < -0.39 is 0 Å². The van der Waals surface area contributed by atoms with Crippen LogP contribution in [0.1, 0.15) is 11.1 Å². The van der Waals surface area contributed by atoms with Crippen molar-refractivity contribution in [1.82, 2.24) is 10.2 Å². The molecule has 0 aliphatic rings. The molecular weight excluding hydrogens is 204 g/mol. The van der Waals surface area contributed by atoms with E-state index in [1.165, 1.54) is 13.3 Å². The van der Waals surface area contributed by atoms with Gasteiger partial charge in [-0.25, -0.2) is 5.10 Å². The predicted molar refractivity (Wildman–Crippen MR) is 60.7 cm³/mol. The molecule has 1 aromatic heterocycles. The van der Waals surface area contributed by atoms with E-state index in [0.29, 0.717) is 17.7 Å². The average Bonchev–Trinajstić information content (AvgIpc) is 2.33. The van der Waals surface area contributed by atoms with Crippen molar-refractivity contribution < 1.29 is 4.74 Å². The third-order valence-corrected chi connectivity index (χ3v) is 2.36. The Morgan fingerprint density at radius 2 is 2.06 bits per heavy atom. The second-order valence-corrected chi connectivity index (χ2v) is 3.41. The van der Waals surface area contributed by atoms with Crippen molar-refractivity contribution in [3.63, 3.8) is 0 Å². The fourth-order valence-electron chi connectivity index (χ4n) is 1.55. The first-order chi connectivity index (χ1) is 7.81. The molecule has 4 heteroatoms. The summed E-state index contributed by atoms with van der Waals surface area (Å²) >= 11 is 0. The van der Waals surface area contributed by atoms with Gasteiger partial charge in [0.15, 0.2) is 0 Å². The zero-order valence-electron chi connectivity index (χ0n) is 8.93. The van der Waals surface area contributed by atoms with Gasteiger partial charge in [-0.2, -0.15) is 5.10 Å². The zero-order valence-corrected chi connectivity index (χ0v) is 8.93. The van der Waals surface area contributed by atoms with Crippen molar-refractivity contribution in [3.05, 3.63) is 58.0 Å². The number of aromatic nitrogens is 2. The second kappa shape index (κ2) is 4.61. The summed E-state index contributed by atoms with van der Waals surface area (Å²) in [6, 6.07) is 9.77. The van der Waals surface area contributed by atoms with Crippen LogP contribution in [0.4, 0.5) is 0 Å². The molecule has 0 saturated heterocycles. The minimum atomic E-state index is -0.205. The van der Waals surface area contributed by atoms with Crippen LogP contribution >= 0.6 is 0 Å². The Labute approximate surface area is 92.9 Å². The van der Waals surface area contributed by atoms with Crippen LogP contribution in [0.15, 0.2) is 41.3 Å². The number of nitrogens with zero attached hydrogens (tertiary/aromatic N) is 1. The van der Waals surface area contributed by atoms with E-state index in [2.05, 4.69) is 10.2 Å². The molecule has 2 rings (SSSR count). The molecule has 16 heavy (non-hydrogen) atoms. The maximum absolute atomic E-state index is 11.6. The molecule has 0 fully saturated rings. The van der Waals surface area contributed by atoms with E-state index in [1.807, 2.05) is 30.3 Å². The van der Waals surface area contributed by atoms with Crippen LogP contribution in [0, 0.1) is 0 Å². The molecular formula is C12H12N2O2. The number of benzene rings is 1. The van der Waals surface area contributed by atoms with Crippen molar-refractivity contribution in [2.75, 3.05) is 7.11 Å². The standard InChI is InChI=1S/C12H12N2O2/c1-16-11-8-13-14-12(15)10(11)7-9-5-3-2-4-6-9/h2-6,8H,7H2,1H3,(H,14,15). The Hall–Kier alpha value is -2.10. The number of aromatic amines is 1. The van der Waals surface area contributed by atoms with Gasteiger partial charge in [0.25, 0.3) is 5.56 Å². The van der Waals surface area contributed by atoms with Crippen LogP contribution in [0.2, 0.25) is 0 Å². The zero-order chi connectivity index (χ0) is 11.4. The largest absolute Gasteiger partial charge is 0.495 e. The molecule has 2 aromatic rings. The van der Waals surface area contributed by atoms with Crippen LogP contribution in [0.5, 0.6) is 5.75 Å². The molecule has 0 bridgehead atoms. The van der Waals surface area contributed by atoms with Crippen molar-refractivity contribution in [1.29, 1.82) is 0 Å². The van der Waals surface area contributed by atoms with E-state index in [4.69, 9.17) is 4.74 Å². The van der Waals surface area contributed by atoms with Gasteiger partial charge in [0.1, 0.15) is 5.75 Å². The number of H-pyrrole nitrogens is 1. The van der Waals surface area contributed by atoms with E-state index in [-0.39, 0.29) is 5.56 Å². The molecule has 0 radical (unpaired) electrons. The van der Waals surface area contributed by atoms with E-state index in [0.717, 1.165) is 5.56 Å².